The third-order valence-corrected chi connectivity index (χ3v) is 4.19. The molecule has 2 rings (SSSR count). The van der Waals surface area contributed by atoms with E-state index in [1.54, 1.807) is 0 Å². The van der Waals surface area contributed by atoms with Gasteiger partial charge in [-0.2, -0.15) is 0 Å². The largest absolute Gasteiger partial charge is 0.385 e. The lowest BCUT2D eigenvalue weighted by molar-refractivity contribution is 0.0538. The van der Waals surface area contributed by atoms with Crippen molar-refractivity contribution in [1.29, 1.82) is 0 Å². The number of aryl methyl sites for hydroxylation is 1. The van der Waals surface area contributed by atoms with Crippen molar-refractivity contribution in [3.63, 3.8) is 0 Å². The molecule has 0 aromatic heterocycles. The number of benzene rings is 1. The molecule has 1 aliphatic heterocycles. The van der Waals surface area contributed by atoms with Gasteiger partial charge in [-0.15, -0.1) is 0 Å². The summed E-state index contributed by atoms with van der Waals surface area (Å²) in [6, 6.07) is 6.00. The van der Waals surface area contributed by atoms with Crippen LogP contribution >= 0.6 is 0 Å². The Morgan fingerprint density at radius 3 is 2.71 bits per heavy atom. The lowest BCUT2D eigenvalue weighted by Gasteiger charge is -2.28. The highest BCUT2D eigenvalue weighted by molar-refractivity contribution is 5.95. The van der Waals surface area contributed by atoms with Gasteiger partial charge in [-0.1, -0.05) is 0 Å². The number of carbonyl (C=O) groups is 1. The van der Waals surface area contributed by atoms with Crippen LogP contribution in [0.4, 0.5) is 5.69 Å². The normalized spacial score (nSPS) is 17.3. The van der Waals surface area contributed by atoms with Crippen LogP contribution < -0.4 is 10.6 Å². The second kappa shape index (κ2) is 7.46. The van der Waals surface area contributed by atoms with Crippen LogP contribution in [0.3, 0.4) is 0 Å². The van der Waals surface area contributed by atoms with Gasteiger partial charge in [-0.05, 0) is 63.3 Å². The molecule has 1 aromatic carbocycles. The highest BCUT2D eigenvalue weighted by Crippen LogP contribution is 2.20. The van der Waals surface area contributed by atoms with E-state index in [9.17, 15) is 4.79 Å². The Hall–Kier alpha value is -1.55. The zero-order valence-corrected chi connectivity index (χ0v) is 13.2. The molecule has 116 valence electrons. The van der Waals surface area contributed by atoms with Gasteiger partial charge in [0.05, 0.1) is 0 Å². The SMILES string of the molecule is CCNc1ccc(C(=O)NC(C)C2CCOCC2)cc1C. The van der Waals surface area contributed by atoms with E-state index in [1.165, 1.54) is 0 Å². The molecule has 1 saturated heterocycles. The summed E-state index contributed by atoms with van der Waals surface area (Å²) in [6.45, 7) is 8.68. The van der Waals surface area contributed by atoms with Gasteiger partial charge in [0.15, 0.2) is 0 Å². The Bertz CT molecular complexity index is 482. The first-order valence-electron chi connectivity index (χ1n) is 7.85. The van der Waals surface area contributed by atoms with E-state index in [4.69, 9.17) is 4.74 Å². The Morgan fingerprint density at radius 1 is 1.38 bits per heavy atom. The summed E-state index contributed by atoms with van der Waals surface area (Å²) in [5, 5.41) is 6.42. The number of nitrogens with one attached hydrogen (secondary N) is 2. The maximum absolute atomic E-state index is 12.4. The summed E-state index contributed by atoms with van der Waals surface area (Å²) in [7, 11) is 0. The van der Waals surface area contributed by atoms with Crippen molar-refractivity contribution >= 4 is 11.6 Å². The number of rotatable bonds is 5. The summed E-state index contributed by atoms with van der Waals surface area (Å²) in [5.74, 6) is 0.532. The Morgan fingerprint density at radius 2 is 2.10 bits per heavy atom. The highest BCUT2D eigenvalue weighted by atomic mass is 16.5. The summed E-state index contributed by atoms with van der Waals surface area (Å²) in [5.41, 5.74) is 2.92. The molecule has 0 saturated carbocycles. The van der Waals surface area contributed by atoms with E-state index in [1.807, 2.05) is 25.1 Å². The summed E-state index contributed by atoms with van der Waals surface area (Å²) in [6.07, 6.45) is 2.06. The van der Waals surface area contributed by atoms with E-state index in [2.05, 4.69) is 24.5 Å². The van der Waals surface area contributed by atoms with Crippen LogP contribution in [0.25, 0.3) is 0 Å². The van der Waals surface area contributed by atoms with Crippen molar-refractivity contribution in [3.8, 4) is 0 Å². The predicted molar refractivity (Wildman–Crippen MR) is 85.8 cm³/mol. The first kappa shape index (κ1) is 15.8. The van der Waals surface area contributed by atoms with Gasteiger partial charge >= 0.3 is 0 Å². The van der Waals surface area contributed by atoms with Crippen molar-refractivity contribution < 1.29 is 9.53 Å². The van der Waals surface area contributed by atoms with Gasteiger partial charge in [-0.3, -0.25) is 4.79 Å². The van der Waals surface area contributed by atoms with Crippen LogP contribution in [-0.2, 0) is 4.74 Å². The third kappa shape index (κ3) is 4.21. The number of hydrogen-bond donors (Lipinski definition) is 2. The minimum Gasteiger partial charge on any atom is -0.385 e. The molecule has 1 unspecified atom stereocenters. The molecule has 1 aliphatic rings. The van der Waals surface area contributed by atoms with Crippen LogP contribution in [0.5, 0.6) is 0 Å². The Labute approximate surface area is 127 Å². The second-order valence-electron chi connectivity index (χ2n) is 5.77. The fraction of sp³-hybridized carbons (Fsp3) is 0.588. The van der Waals surface area contributed by atoms with Crippen molar-refractivity contribution in [2.75, 3.05) is 25.1 Å². The van der Waals surface area contributed by atoms with Crippen molar-refractivity contribution in [2.45, 2.75) is 39.7 Å². The molecule has 0 spiro atoms. The maximum Gasteiger partial charge on any atom is 0.251 e. The van der Waals surface area contributed by atoms with Gasteiger partial charge in [0.1, 0.15) is 0 Å². The first-order chi connectivity index (χ1) is 10.1. The van der Waals surface area contributed by atoms with E-state index in [0.717, 1.165) is 49.4 Å². The van der Waals surface area contributed by atoms with Crippen LogP contribution in [0.15, 0.2) is 18.2 Å². The topological polar surface area (TPSA) is 50.4 Å². The fourth-order valence-corrected chi connectivity index (χ4v) is 2.82. The van der Waals surface area contributed by atoms with Crippen LogP contribution in [0.2, 0.25) is 0 Å². The number of anilines is 1. The maximum atomic E-state index is 12.4. The van der Waals surface area contributed by atoms with Crippen molar-refractivity contribution in [3.05, 3.63) is 29.3 Å². The number of amides is 1. The predicted octanol–water partition coefficient (Wildman–Crippen LogP) is 2.97. The van der Waals surface area contributed by atoms with Gasteiger partial charge in [0.2, 0.25) is 0 Å². The smallest absolute Gasteiger partial charge is 0.251 e. The summed E-state index contributed by atoms with van der Waals surface area (Å²) < 4.78 is 5.37. The standard InChI is InChI=1S/C17H26N2O2/c1-4-18-16-6-5-15(11-12(16)2)17(20)19-13(3)14-7-9-21-10-8-14/h5-6,11,13-14,18H,4,7-10H2,1-3H3,(H,19,20). The van der Waals surface area contributed by atoms with Gasteiger partial charge < -0.3 is 15.4 Å². The van der Waals surface area contributed by atoms with Gasteiger partial charge in [0, 0.05) is 37.1 Å². The second-order valence-corrected chi connectivity index (χ2v) is 5.77. The molecule has 0 bridgehead atoms. The third-order valence-electron chi connectivity index (χ3n) is 4.19. The van der Waals surface area contributed by atoms with Crippen molar-refractivity contribution in [1.82, 2.24) is 5.32 Å². The molecule has 21 heavy (non-hydrogen) atoms. The quantitative estimate of drug-likeness (QED) is 0.876. The zero-order valence-electron chi connectivity index (χ0n) is 13.2. The first-order valence-corrected chi connectivity index (χ1v) is 7.85. The number of hydrogen-bond acceptors (Lipinski definition) is 3. The van der Waals surface area contributed by atoms with E-state index in [0.29, 0.717) is 5.92 Å². The van der Waals surface area contributed by atoms with E-state index in [-0.39, 0.29) is 11.9 Å². The molecule has 1 atom stereocenters. The highest BCUT2D eigenvalue weighted by Gasteiger charge is 2.22. The molecule has 4 nitrogen and oxygen atoms in total. The fourth-order valence-electron chi connectivity index (χ4n) is 2.82. The molecular formula is C17H26N2O2. The van der Waals surface area contributed by atoms with Gasteiger partial charge in [-0.25, -0.2) is 0 Å². The number of carbonyl (C=O) groups excluding carboxylic acids is 1. The van der Waals surface area contributed by atoms with Crippen molar-refractivity contribution in [2.24, 2.45) is 5.92 Å². The average Bonchev–Trinajstić information content (AvgIpc) is 2.50. The minimum absolute atomic E-state index is 0.0140. The molecular weight excluding hydrogens is 264 g/mol. The monoisotopic (exact) mass is 290 g/mol. The molecule has 1 aromatic rings. The molecule has 0 radical (unpaired) electrons. The zero-order chi connectivity index (χ0) is 15.2. The van der Waals surface area contributed by atoms with Gasteiger partial charge in [0.25, 0.3) is 5.91 Å². The lowest BCUT2D eigenvalue weighted by atomic mass is 9.92. The molecule has 1 fully saturated rings. The Balaban J connectivity index is 1.97. The molecule has 2 N–H and O–H groups in total. The molecule has 4 heteroatoms. The summed E-state index contributed by atoms with van der Waals surface area (Å²) >= 11 is 0. The minimum atomic E-state index is 0.0140. The molecule has 1 amide bonds. The Kier molecular flexibility index (Phi) is 5.62. The van der Waals surface area contributed by atoms with Crippen LogP contribution in [0.1, 0.15) is 42.6 Å². The molecule has 0 aliphatic carbocycles. The number of ether oxygens (including phenoxy) is 1. The lowest BCUT2D eigenvalue weighted by Crippen LogP contribution is -2.40. The van der Waals surface area contributed by atoms with E-state index >= 15 is 0 Å². The summed E-state index contributed by atoms with van der Waals surface area (Å²) in [4.78, 5) is 12.4. The van der Waals surface area contributed by atoms with Crippen LogP contribution in [0, 0.1) is 12.8 Å². The average molecular weight is 290 g/mol. The molecule has 1 heterocycles. The van der Waals surface area contributed by atoms with E-state index < -0.39 is 0 Å². The van der Waals surface area contributed by atoms with Crippen LogP contribution in [-0.4, -0.2) is 31.7 Å².